The number of hydrogen-bond donors (Lipinski definition) is 1. The molecule has 0 amide bonds. The Bertz CT molecular complexity index is 26.7. The van der Waals surface area contributed by atoms with Gasteiger partial charge in [0.1, 0.15) is 0 Å². The quantitative estimate of drug-likeness (QED) is 0.520. The molecule has 0 aliphatic rings. The van der Waals surface area contributed by atoms with E-state index in [1.54, 1.807) is 0 Å². The highest BCUT2D eigenvalue weighted by Gasteiger charge is 1.92. The molecule has 0 radical (unpaired) electrons. The lowest BCUT2D eigenvalue weighted by molar-refractivity contribution is 0.250. The van der Waals surface area contributed by atoms with Crippen molar-refractivity contribution in [3.8, 4) is 0 Å². The van der Waals surface area contributed by atoms with Gasteiger partial charge in [0.25, 0.3) is 0 Å². The van der Waals surface area contributed by atoms with E-state index in [1.807, 2.05) is 6.92 Å². The van der Waals surface area contributed by atoms with E-state index in [0.717, 1.165) is 0 Å². The Morgan fingerprint density at radius 2 is 2.33 bits per heavy atom. The molecule has 1 N–H and O–H groups in total. The summed E-state index contributed by atoms with van der Waals surface area (Å²) in [6, 6.07) is 0. The highest BCUT2D eigenvalue weighted by atomic mass is 35.5. The Balaban J connectivity index is 2.75. The number of aliphatic hydroxyl groups is 1. The minimum absolute atomic E-state index is 0.198. The third-order valence-electron chi connectivity index (χ3n) is 0.575. The van der Waals surface area contributed by atoms with E-state index in [2.05, 4.69) is 0 Å². The van der Waals surface area contributed by atoms with Crippen molar-refractivity contribution in [1.82, 2.24) is 0 Å². The second-order valence-corrected chi connectivity index (χ2v) is 1.75. The summed E-state index contributed by atoms with van der Waals surface area (Å²) in [7, 11) is 0. The lowest BCUT2D eigenvalue weighted by atomic mass is 10.2. The molecule has 6 heavy (non-hydrogen) atoms. The molecule has 0 bridgehead atoms. The van der Waals surface area contributed by atoms with Crippen LogP contribution in [0.2, 0.25) is 0 Å². The first-order valence-corrected chi connectivity index (χ1v) is 2.51. The highest BCUT2D eigenvalue weighted by molar-refractivity contribution is 6.18. The van der Waals surface area contributed by atoms with E-state index in [9.17, 15) is 0 Å². The van der Waals surface area contributed by atoms with Gasteiger partial charge in [-0.25, -0.2) is 0 Å². The van der Waals surface area contributed by atoms with Crippen LogP contribution in [-0.2, 0) is 0 Å². The Hall–Kier alpha value is 0.250. The molecule has 0 aromatic rings. The van der Waals surface area contributed by atoms with Crippen LogP contribution in [0.1, 0.15) is 6.92 Å². The fourth-order valence-electron chi connectivity index (χ4n) is 0.0488. The maximum absolute atomic E-state index is 8.25. The highest BCUT2D eigenvalue weighted by Crippen LogP contribution is 1.92. The summed E-state index contributed by atoms with van der Waals surface area (Å²) < 4.78 is 0. The van der Waals surface area contributed by atoms with E-state index in [0.29, 0.717) is 5.88 Å². The number of rotatable bonds is 2. The zero-order valence-corrected chi connectivity index (χ0v) is 4.57. The molecule has 0 unspecified atom stereocenters. The smallest absolute Gasteiger partial charge is 0.0468 e. The second kappa shape index (κ2) is 3.44. The van der Waals surface area contributed by atoms with Crippen molar-refractivity contribution < 1.29 is 5.11 Å². The standard InChI is InChI=1S/C4H9ClO/c1-4(2-5)3-6/h4,6H,2-3H2,1H3/t4-/m1/s1. The molecule has 0 saturated heterocycles. The first kappa shape index (κ1) is 6.25. The fraction of sp³-hybridized carbons (Fsp3) is 1.00. The van der Waals surface area contributed by atoms with Crippen LogP contribution in [0.25, 0.3) is 0 Å². The minimum Gasteiger partial charge on any atom is -0.396 e. The monoisotopic (exact) mass is 108 g/mol. The molecule has 0 aliphatic carbocycles. The zero-order chi connectivity index (χ0) is 4.99. The van der Waals surface area contributed by atoms with Crippen molar-refractivity contribution in [2.45, 2.75) is 6.92 Å². The van der Waals surface area contributed by atoms with Gasteiger partial charge in [0.2, 0.25) is 0 Å². The fourth-order valence-corrected chi connectivity index (χ4v) is 0.146. The van der Waals surface area contributed by atoms with Crippen molar-refractivity contribution in [2.75, 3.05) is 12.5 Å². The van der Waals surface area contributed by atoms with Crippen molar-refractivity contribution in [3.63, 3.8) is 0 Å². The van der Waals surface area contributed by atoms with Crippen LogP contribution < -0.4 is 0 Å². The van der Waals surface area contributed by atoms with Gasteiger partial charge in [0, 0.05) is 12.5 Å². The summed E-state index contributed by atoms with van der Waals surface area (Å²) in [5.74, 6) is 0.808. The van der Waals surface area contributed by atoms with Crippen molar-refractivity contribution in [3.05, 3.63) is 0 Å². The second-order valence-electron chi connectivity index (χ2n) is 1.44. The molecule has 0 spiro atoms. The first-order chi connectivity index (χ1) is 2.81. The predicted molar refractivity (Wildman–Crippen MR) is 27.0 cm³/mol. The van der Waals surface area contributed by atoms with Gasteiger partial charge in [0.05, 0.1) is 0 Å². The van der Waals surface area contributed by atoms with E-state index in [1.165, 1.54) is 0 Å². The van der Waals surface area contributed by atoms with E-state index in [-0.39, 0.29) is 12.5 Å². The summed E-state index contributed by atoms with van der Waals surface area (Å²) in [6.45, 7) is 2.09. The van der Waals surface area contributed by atoms with E-state index in [4.69, 9.17) is 16.7 Å². The van der Waals surface area contributed by atoms with Crippen LogP contribution in [0.15, 0.2) is 0 Å². The van der Waals surface area contributed by atoms with Crippen molar-refractivity contribution in [1.29, 1.82) is 0 Å². The Morgan fingerprint density at radius 1 is 1.83 bits per heavy atom. The van der Waals surface area contributed by atoms with Crippen LogP contribution in [0.4, 0.5) is 0 Å². The van der Waals surface area contributed by atoms with Gasteiger partial charge < -0.3 is 5.11 Å². The van der Waals surface area contributed by atoms with Gasteiger partial charge in [0.15, 0.2) is 0 Å². The molecule has 2 heteroatoms. The molecule has 0 aromatic heterocycles. The molecule has 0 rings (SSSR count). The van der Waals surface area contributed by atoms with Crippen LogP contribution in [-0.4, -0.2) is 17.6 Å². The molecule has 0 aliphatic heterocycles. The van der Waals surface area contributed by atoms with Crippen molar-refractivity contribution >= 4 is 11.6 Å². The average Bonchev–Trinajstić information content (AvgIpc) is 1.65. The van der Waals surface area contributed by atoms with Gasteiger partial charge in [-0.2, -0.15) is 0 Å². The first-order valence-electron chi connectivity index (χ1n) is 1.98. The average molecular weight is 109 g/mol. The van der Waals surface area contributed by atoms with Gasteiger partial charge >= 0.3 is 0 Å². The molecule has 0 aromatic carbocycles. The number of hydrogen-bond acceptors (Lipinski definition) is 1. The Kier molecular flexibility index (Phi) is 3.58. The van der Waals surface area contributed by atoms with Crippen LogP contribution >= 0.6 is 11.6 Å². The largest absolute Gasteiger partial charge is 0.396 e. The Labute approximate surface area is 42.9 Å². The summed E-state index contributed by atoms with van der Waals surface area (Å²) in [4.78, 5) is 0. The lowest BCUT2D eigenvalue weighted by Gasteiger charge is -1.96. The molecular weight excluding hydrogens is 99.5 g/mol. The van der Waals surface area contributed by atoms with Crippen LogP contribution in [0.3, 0.4) is 0 Å². The van der Waals surface area contributed by atoms with Gasteiger partial charge in [-0.15, -0.1) is 11.6 Å². The maximum atomic E-state index is 8.25. The Morgan fingerprint density at radius 3 is 2.33 bits per heavy atom. The van der Waals surface area contributed by atoms with Gasteiger partial charge in [-0.05, 0) is 5.92 Å². The summed E-state index contributed by atoms with van der Waals surface area (Å²) in [6.07, 6.45) is 0. The van der Waals surface area contributed by atoms with Gasteiger partial charge in [-0.3, -0.25) is 0 Å². The molecule has 1 atom stereocenters. The third-order valence-corrected chi connectivity index (χ3v) is 1.10. The molecule has 0 fully saturated rings. The molecular formula is C4H9ClO. The van der Waals surface area contributed by atoms with Crippen LogP contribution in [0.5, 0.6) is 0 Å². The van der Waals surface area contributed by atoms with Crippen LogP contribution in [0, 0.1) is 5.92 Å². The summed E-state index contributed by atoms with van der Waals surface area (Å²) in [5, 5.41) is 8.25. The summed E-state index contributed by atoms with van der Waals surface area (Å²) >= 11 is 5.29. The zero-order valence-electron chi connectivity index (χ0n) is 3.82. The summed E-state index contributed by atoms with van der Waals surface area (Å²) in [5.41, 5.74) is 0. The SMILES string of the molecule is C[C@@H](CO)CCl. The normalized spacial score (nSPS) is 14.5. The van der Waals surface area contributed by atoms with E-state index < -0.39 is 0 Å². The molecule has 0 heterocycles. The lowest BCUT2D eigenvalue weighted by Crippen LogP contribution is -2.00. The van der Waals surface area contributed by atoms with Gasteiger partial charge in [-0.1, -0.05) is 6.92 Å². The maximum Gasteiger partial charge on any atom is 0.0468 e. The topological polar surface area (TPSA) is 20.2 Å². The van der Waals surface area contributed by atoms with Crippen molar-refractivity contribution in [2.24, 2.45) is 5.92 Å². The van der Waals surface area contributed by atoms with E-state index >= 15 is 0 Å². The number of aliphatic hydroxyl groups excluding tert-OH is 1. The molecule has 1 nitrogen and oxygen atoms in total. The number of halogens is 1. The third kappa shape index (κ3) is 2.49. The predicted octanol–water partition coefficient (Wildman–Crippen LogP) is 0.854. The molecule has 0 saturated carbocycles. The number of alkyl halides is 1. The minimum atomic E-state index is 0.198. The molecule has 38 valence electrons.